The van der Waals surface area contributed by atoms with Crippen LogP contribution in [-0.4, -0.2) is 29.2 Å². The lowest BCUT2D eigenvalue weighted by molar-refractivity contribution is 0.0914. The zero-order valence-corrected chi connectivity index (χ0v) is 15.0. The van der Waals surface area contributed by atoms with Crippen LogP contribution in [0.2, 0.25) is 0 Å². The molecule has 0 saturated carbocycles. The zero-order valence-electron chi connectivity index (χ0n) is 15.0. The lowest BCUT2D eigenvalue weighted by Gasteiger charge is -2.12. The molecule has 2 N–H and O–H groups in total. The largest absolute Gasteiger partial charge is 0.497 e. The molecule has 7 nitrogen and oxygen atoms in total. The highest BCUT2D eigenvalue weighted by Crippen LogP contribution is 2.25. The van der Waals surface area contributed by atoms with Gasteiger partial charge in [-0.3, -0.25) is 9.36 Å². The normalized spacial score (nSPS) is 11.6. The predicted molar refractivity (Wildman–Crippen MR) is 97.8 cm³/mol. The van der Waals surface area contributed by atoms with Crippen LogP contribution in [0.25, 0.3) is 5.88 Å². The molecule has 2 aromatic heterocycles. The Labute approximate surface area is 156 Å². The Hall–Kier alpha value is -3.50. The van der Waals surface area contributed by atoms with E-state index in [9.17, 15) is 15.2 Å². The van der Waals surface area contributed by atoms with Crippen molar-refractivity contribution in [3.63, 3.8) is 0 Å². The maximum Gasteiger partial charge on any atom is 0.256 e. The predicted octanol–water partition coefficient (Wildman–Crippen LogP) is 2.72. The molecule has 0 aliphatic rings. The van der Waals surface area contributed by atoms with Crippen LogP contribution in [0, 0.1) is 18.3 Å². The molecule has 1 aromatic carbocycles. The number of nitrogens with zero attached hydrogens (tertiary/aromatic N) is 2. The van der Waals surface area contributed by atoms with Gasteiger partial charge in [-0.15, -0.1) is 0 Å². The summed E-state index contributed by atoms with van der Waals surface area (Å²) in [5, 5.41) is 22.4. The fraction of sp³-hybridized carbons (Fsp3) is 0.200. The van der Waals surface area contributed by atoms with Crippen molar-refractivity contribution in [3.05, 3.63) is 71.2 Å². The fourth-order valence-electron chi connectivity index (χ4n) is 2.78. The summed E-state index contributed by atoms with van der Waals surface area (Å²) < 4.78 is 12.3. The molecule has 3 aromatic rings. The highest BCUT2D eigenvalue weighted by Gasteiger charge is 2.24. The number of hydrogen-bond acceptors (Lipinski definition) is 5. The van der Waals surface area contributed by atoms with E-state index in [0.29, 0.717) is 23.0 Å². The van der Waals surface area contributed by atoms with E-state index in [0.717, 1.165) is 0 Å². The van der Waals surface area contributed by atoms with Crippen molar-refractivity contribution in [2.24, 2.45) is 0 Å². The molecular weight excluding hydrogens is 346 g/mol. The number of amides is 1. The number of aryl methyl sites for hydroxylation is 1. The Morgan fingerprint density at radius 3 is 2.59 bits per heavy atom. The molecule has 0 radical (unpaired) electrons. The number of nitrogens with one attached hydrogen (secondary N) is 1. The Morgan fingerprint density at radius 1 is 1.33 bits per heavy atom. The van der Waals surface area contributed by atoms with Crippen LogP contribution >= 0.6 is 0 Å². The highest BCUT2D eigenvalue weighted by molar-refractivity contribution is 5.98. The van der Waals surface area contributed by atoms with E-state index in [-0.39, 0.29) is 17.7 Å². The van der Waals surface area contributed by atoms with E-state index in [2.05, 4.69) is 5.32 Å². The van der Waals surface area contributed by atoms with Crippen molar-refractivity contribution in [3.8, 4) is 17.7 Å². The molecule has 138 valence electrons. The van der Waals surface area contributed by atoms with Crippen molar-refractivity contribution < 1.29 is 19.1 Å². The summed E-state index contributed by atoms with van der Waals surface area (Å²) in [4.78, 5) is 12.6. The van der Waals surface area contributed by atoms with Gasteiger partial charge in [-0.05, 0) is 36.8 Å². The maximum absolute atomic E-state index is 12.6. The average molecular weight is 365 g/mol. The van der Waals surface area contributed by atoms with E-state index in [1.807, 2.05) is 6.07 Å². The van der Waals surface area contributed by atoms with Crippen molar-refractivity contribution in [2.75, 3.05) is 13.7 Å². The van der Waals surface area contributed by atoms with E-state index >= 15 is 0 Å². The number of hydrogen-bond donors (Lipinski definition) is 2. The molecule has 0 spiro atoms. The first-order chi connectivity index (χ1) is 13.0. The Balaban J connectivity index is 1.75. The highest BCUT2D eigenvalue weighted by atomic mass is 16.5. The van der Waals surface area contributed by atoms with Crippen LogP contribution in [0.15, 0.2) is 53.2 Å². The molecule has 3 rings (SSSR count). The third-order valence-electron chi connectivity index (χ3n) is 4.20. The van der Waals surface area contributed by atoms with Crippen molar-refractivity contribution in [1.82, 2.24) is 9.88 Å². The first-order valence-corrected chi connectivity index (χ1v) is 8.32. The number of methoxy groups -OCH3 is 1. The van der Waals surface area contributed by atoms with E-state index in [1.54, 1.807) is 67.4 Å². The minimum absolute atomic E-state index is 0.000492. The third kappa shape index (κ3) is 3.71. The first-order valence-electron chi connectivity index (χ1n) is 8.32. The van der Waals surface area contributed by atoms with Gasteiger partial charge < -0.3 is 19.6 Å². The lowest BCUT2D eigenvalue weighted by atomic mass is 10.1. The third-order valence-corrected chi connectivity index (χ3v) is 4.20. The second kappa shape index (κ2) is 7.81. The van der Waals surface area contributed by atoms with E-state index in [4.69, 9.17) is 9.15 Å². The van der Waals surface area contributed by atoms with Gasteiger partial charge in [0.15, 0.2) is 0 Å². The molecule has 0 fully saturated rings. The van der Waals surface area contributed by atoms with Gasteiger partial charge in [-0.2, -0.15) is 5.26 Å². The van der Waals surface area contributed by atoms with Crippen molar-refractivity contribution in [1.29, 1.82) is 5.26 Å². The average Bonchev–Trinajstić information content (AvgIpc) is 3.33. The summed E-state index contributed by atoms with van der Waals surface area (Å²) in [5.74, 6) is 0.839. The Morgan fingerprint density at radius 2 is 2.00 bits per heavy atom. The molecule has 0 bridgehead atoms. The number of aromatic nitrogens is 1. The Bertz CT molecular complexity index is 966. The summed E-state index contributed by atoms with van der Waals surface area (Å²) in [7, 11) is 1.56. The molecule has 1 atom stereocenters. The monoisotopic (exact) mass is 365 g/mol. The second-order valence-corrected chi connectivity index (χ2v) is 5.91. The standard InChI is InChI=1S/C20H19N3O4/c1-13-18(16(11-21)20(27-13)23-9-3-4-10-23)19(25)22-12-17(24)14-5-7-15(26-2)8-6-14/h3-10,17,24H,12H2,1-2H3,(H,22,25). The molecule has 7 heteroatoms. The minimum atomic E-state index is -0.887. The van der Waals surface area contributed by atoms with Crippen LogP contribution in [0.5, 0.6) is 5.75 Å². The summed E-state index contributed by atoms with van der Waals surface area (Å²) in [5.41, 5.74) is 0.969. The second-order valence-electron chi connectivity index (χ2n) is 5.91. The fourth-order valence-corrected chi connectivity index (χ4v) is 2.78. The smallest absolute Gasteiger partial charge is 0.256 e. The molecule has 1 unspecified atom stereocenters. The van der Waals surface area contributed by atoms with Crippen molar-refractivity contribution >= 4 is 5.91 Å². The zero-order chi connectivity index (χ0) is 19.4. The minimum Gasteiger partial charge on any atom is -0.497 e. The van der Waals surface area contributed by atoms with Gasteiger partial charge in [-0.25, -0.2) is 0 Å². The van der Waals surface area contributed by atoms with Crippen LogP contribution < -0.4 is 10.1 Å². The van der Waals surface area contributed by atoms with Gasteiger partial charge in [0.25, 0.3) is 5.91 Å². The lowest BCUT2D eigenvalue weighted by Crippen LogP contribution is -2.29. The number of nitriles is 1. The molecule has 0 saturated heterocycles. The Kier molecular flexibility index (Phi) is 5.29. The summed E-state index contributed by atoms with van der Waals surface area (Å²) >= 11 is 0. The van der Waals surface area contributed by atoms with Gasteiger partial charge >= 0.3 is 0 Å². The first kappa shape index (κ1) is 18.3. The molecule has 1 amide bonds. The maximum atomic E-state index is 12.6. The van der Waals surface area contributed by atoms with Gasteiger partial charge in [0.1, 0.15) is 28.7 Å². The van der Waals surface area contributed by atoms with Gasteiger partial charge in [-0.1, -0.05) is 12.1 Å². The van der Waals surface area contributed by atoms with Crippen LogP contribution in [0.1, 0.15) is 33.3 Å². The van der Waals surface area contributed by atoms with Crippen molar-refractivity contribution in [2.45, 2.75) is 13.0 Å². The molecular formula is C20H19N3O4. The van der Waals surface area contributed by atoms with Gasteiger partial charge in [0.2, 0.25) is 5.88 Å². The van der Waals surface area contributed by atoms with Crippen LogP contribution in [-0.2, 0) is 0 Å². The summed E-state index contributed by atoms with van der Waals surface area (Å²) in [6.07, 6.45) is 2.57. The number of benzene rings is 1. The molecule has 0 aliphatic heterocycles. The number of carbonyl (C=O) groups is 1. The molecule has 27 heavy (non-hydrogen) atoms. The number of rotatable bonds is 6. The number of aliphatic hydroxyl groups excluding tert-OH is 1. The number of ether oxygens (including phenoxy) is 1. The molecule has 0 aliphatic carbocycles. The van der Waals surface area contributed by atoms with Crippen LogP contribution in [0.4, 0.5) is 0 Å². The quantitative estimate of drug-likeness (QED) is 0.699. The summed E-state index contributed by atoms with van der Waals surface area (Å²) in [6, 6.07) is 12.5. The number of aliphatic hydroxyl groups is 1. The molecule has 2 heterocycles. The van der Waals surface area contributed by atoms with Gasteiger partial charge in [0.05, 0.1) is 13.2 Å². The topological polar surface area (TPSA) is 100 Å². The summed E-state index contributed by atoms with van der Waals surface area (Å²) in [6.45, 7) is 1.63. The SMILES string of the molecule is COc1ccc(C(O)CNC(=O)c2c(C)oc(-n3cccc3)c2C#N)cc1. The number of furan rings is 1. The van der Waals surface area contributed by atoms with E-state index in [1.165, 1.54) is 0 Å². The van der Waals surface area contributed by atoms with Gasteiger partial charge in [0, 0.05) is 18.9 Å². The van der Waals surface area contributed by atoms with E-state index < -0.39 is 12.0 Å². The number of carbonyl (C=O) groups excluding carboxylic acids is 1. The van der Waals surface area contributed by atoms with Crippen LogP contribution in [0.3, 0.4) is 0 Å².